The molecule has 0 saturated heterocycles. The van der Waals surface area contributed by atoms with Crippen molar-refractivity contribution < 1.29 is 14.3 Å². The molecule has 0 bridgehead atoms. The van der Waals surface area contributed by atoms with Crippen LogP contribution in [0.2, 0.25) is 0 Å². The van der Waals surface area contributed by atoms with Crippen LogP contribution in [0.1, 0.15) is 19.3 Å². The number of urea groups is 1. The lowest BCUT2D eigenvalue weighted by atomic mass is 10.2. The molecule has 9 heteroatoms. The van der Waals surface area contributed by atoms with Crippen LogP contribution in [-0.4, -0.2) is 44.8 Å². The number of nitrogens with one attached hydrogen (secondary N) is 2. The molecule has 2 atom stereocenters. The van der Waals surface area contributed by atoms with Gasteiger partial charge in [-0.05, 0) is 19.3 Å². The maximum absolute atomic E-state index is 12.3. The van der Waals surface area contributed by atoms with Gasteiger partial charge in [-0.1, -0.05) is 0 Å². The summed E-state index contributed by atoms with van der Waals surface area (Å²) in [7, 11) is 5.12. The molecule has 24 heavy (non-hydrogen) atoms. The smallest absolute Gasteiger partial charge is 0.319 e. The van der Waals surface area contributed by atoms with Gasteiger partial charge in [0.2, 0.25) is 0 Å². The standard InChI is InChI=1S/C15H22N6O3/c1-20-8-10(7-16-20)24-13-6-4-5-11(13)17-15(22)18-12-9-21(2)19-14(12)23-3/h7-9,11,13H,4-6H2,1-3H3,(H2,17,18,22)/t11-,13+/m1/s1. The highest BCUT2D eigenvalue weighted by atomic mass is 16.5. The van der Waals surface area contributed by atoms with Crippen molar-refractivity contribution >= 4 is 11.7 Å². The van der Waals surface area contributed by atoms with E-state index in [9.17, 15) is 4.79 Å². The lowest BCUT2D eigenvalue weighted by molar-refractivity contribution is 0.175. The van der Waals surface area contributed by atoms with E-state index in [-0.39, 0.29) is 18.2 Å². The summed E-state index contributed by atoms with van der Waals surface area (Å²) in [5.74, 6) is 1.09. The first-order valence-electron chi connectivity index (χ1n) is 7.85. The van der Waals surface area contributed by atoms with Gasteiger partial charge in [-0.3, -0.25) is 9.36 Å². The Kier molecular flexibility index (Phi) is 4.59. The number of nitrogens with zero attached hydrogens (tertiary/aromatic N) is 4. The number of aromatic nitrogens is 4. The molecule has 2 amide bonds. The van der Waals surface area contributed by atoms with Crippen molar-refractivity contribution in [2.75, 3.05) is 12.4 Å². The Morgan fingerprint density at radius 2 is 2.12 bits per heavy atom. The van der Waals surface area contributed by atoms with Gasteiger partial charge >= 0.3 is 6.03 Å². The minimum absolute atomic E-state index is 0.0483. The van der Waals surface area contributed by atoms with Gasteiger partial charge in [0.15, 0.2) is 5.75 Å². The Labute approximate surface area is 139 Å². The minimum atomic E-state index is -0.298. The minimum Gasteiger partial charge on any atom is -0.485 e. The number of carbonyl (C=O) groups excluding carboxylic acids is 1. The van der Waals surface area contributed by atoms with Crippen molar-refractivity contribution in [1.29, 1.82) is 0 Å². The number of methoxy groups -OCH3 is 1. The third kappa shape index (κ3) is 3.61. The molecule has 0 spiro atoms. The van der Waals surface area contributed by atoms with Gasteiger partial charge in [0.1, 0.15) is 11.8 Å². The molecule has 2 N–H and O–H groups in total. The summed E-state index contributed by atoms with van der Waals surface area (Å²) in [5.41, 5.74) is 0.528. The lowest BCUT2D eigenvalue weighted by Gasteiger charge is -2.21. The summed E-state index contributed by atoms with van der Waals surface area (Å²) in [5, 5.41) is 13.9. The molecule has 2 heterocycles. The van der Waals surface area contributed by atoms with Crippen molar-refractivity contribution in [1.82, 2.24) is 24.9 Å². The Balaban J connectivity index is 1.58. The summed E-state index contributed by atoms with van der Waals surface area (Å²) in [4.78, 5) is 12.3. The van der Waals surface area contributed by atoms with E-state index in [0.717, 1.165) is 19.3 Å². The maximum Gasteiger partial charge on any atom is 0.319 e. The first-order chi connectivity index (χ1) is 11.5. The molecule has 9 nitrogen and oxygen atoms in total. The van der Waals surface area contributed by atoms with Crippen LogP contribution in [0.4, 0.5) is 10.5 Å². The molecule has 3 rings (SSSR count). The summed E-state index contributed by atoms with van der Waals surface area (Å²) in [6.07, 6.45) is 7.91. The Bertz CT molecular complexity index is 710. The van der Waals surface area contributed by atoms with Crippen LogP contribution in [0.5, 0.6) is 11.6 Å². The van der Waals surface area contributed by atoms with Crippen LogP contribution < -0.4 is 20.1 Å². The summed E-state index contributed by atoms with van der Waals surface area (Å²) >= 11 is 0. The van der Waals surface area contributed by atoms with Gasteiger partial charge in [0.05, 0.1) is 31.7 Å². The molecule has 1 fully saturated rings. The number of amides is 2. The van der Waals surface area contributed by atoms with Crippen LogP contribution in [0.3, 0.4) is 0 Å². The fourth-order valence-electron chi connectivity index (χ4n) is 2.90. The van der Waals surface area contributed by atoms with Gasteiger partial charge in [0.25, 0.3) is 5.88 Å². The first kappa shape index (κ1) is 16.2. The predicted molar refractivity (Wildman–Crippen MR) is 87.2 cm³/mol. The molecule has 0 unspecified atom stereocenters. The van der Waals surface area contributed by atoms with Crippen molar-refractivity contribution in [2.24, 2.45) is 14.1 Å². The molecule has 0 aromatic carbocycles. The number of aryl methyl sites for hydroxylation is 2. The van der Waals surface area contributed by atoms with Crippen molar-refractivity contribution in [3.63, 3.8) is 0 Å². The highest BCUT2D eigenvalue weighted by Gasteiger charge is 2.31. The molecule has 0 aliphatic heterocycles. The van der Waals surface area contributed by atoms with Crippen LogP contribution in [0.25, 0.3) is 0 Å². The molecule has 0 radical (unpaired) electrons. The van der Waals surface area contributed by atoms with Gasteiger partial charge in [0, 0.05) is 14.1 Å². The number of rotatable bonds is 5. The number of carbonyl (C=O) groups is 1. The molecular formula is C15H22N6O3. The van der Waals surface area contributed by atoms with Gasteiger partial charge in [-0.25, -0.2) is 4.79 Å². The lowest BCUT2D eigenvalue weighted by Crippen LogP contribution is -2.44. The Hall–Kier alpha value is -2.71. The van der Waals surface area contributed by atoms with Gasteiger partial charge < -0.3 is 20.1 Å². The van der Waals surface area contributed by atoms with Gasteiger partial charge in [-0.15, -0.1) is 5.10 Å². The fraction of sp³-hybridized carbons (Fsp3) is 0.533. The SMILES string of the molecule is COc1nn(C)cc1NC(=O)N[C@@H]1CCC[C@@H]1Oc1cnn(C)c1. The molecule has 130 valence electrons. The first-order valence-corrected chi connectivity index (χ1v) is 7.85. The maximum atomic E-state index is 12.3. The summed E-state index contributed by atoms with van der Waals surface area (Å²) < 4.78 is 14.3. The summed E-state index contributed by atoms with van der Waals surface area (Å²) in [6, 6.07) is -0.346. The molecule has 1 aliphatic carbocycles. The second kappa shape index (κ2) is 6.81. The normalized spacial score (nSPS) is 20.0. The van der Waals surface area contributed by atoms with Crippen molar-refractivity contribution in [2.45, 2.75) is 31.4 Å². The highest BCUT2D eigenvalue weighted by molar-refractivity contribution is 5.90. The van der Waals surface area contributed by atoms with Crippen molar-refractivity contribution in [3.05, 3.63) is 18.6 Å². The second-order valence-corrected chi connectivity index (χ2v) is 5.87. The van der Waals surface area contributed by atoms with Crippen molar-refractivity contribution in [3.8, 4) is 11.6 Å². The highest BCUT2D eigenvalue weighted by Crippen LogP contribution is 2.25. The fourth-order valence-corrected chi connectivity index (χ4v) is 2.90. The Morgan fingerprint density at radius 1 is 1.29 bits per heavy atom. The third-order valence-electron chi connectivity index (χ3n) is 3.97. The third-order valence-corrected chi connectivity index (χ3v) is 3.97. The molecule has 1 saturated carbocycles. The van der Waals surface area contributed by atoms with Gasteiger partial charge in [-0.2, -0.15) is 5.10 Å². The average Bonchev–Trinajstić information content (AvgIpc) is 3.22. The average molecular weight is 334 g/mol. The molecule has 1 aliphatic rings. The van der Waals surface area contributed by atoms with E-state index in [1.807, 2.05) is 13.2 Å². The number of hydrogen-bond donors (Lipinski definition) is 2. The zero-order valence-corrected chi connectivity index (χ0v) is 14.0. The molecule has 2 aromatic heterocycles. The summed E-state index contributed by atoms with van der Waals surface area (Å²) in [6.45, 7) is 0. The van der Waals surface area contributed by atoms with E-state index >= 15 is 0 Å². The van der Waals surface area contributed by atoms with Crippen LogP contribution in [-0.2, 0) is 14.1 Å². The van der Waals surface area contributed by atoms with Crippen LogP contribution in [0.15, 0.2) is 18.6 Å². The van der Waals surface area contributed by atoms with Crippen LogP contribution in [0, 0.1) is 0 Å². The van der Waals surface area contributed by atoms with E-state index in [4.69, 9.17) is 9.47 Å². The monoisotopic (exact) mass is 334 g/mol. The molecular weight excluding hydrogens is 312 g/mol. The molecule has 2 aromatic rings. The topological polar surface area (TPSA) is 95.2 Å². The van der Waals surface area contributed by atoms with E-state index in [2.05, 4.69) is 20.8 Å². The zero-order valence-electron chi connectivity index (χ0n) is 14.0. The van der Waals surface area contributed by atoms with E-state index in [0.29, 0.717) is 17.3 Å². The number of hydrogen-bond acceptors (Lipinski definition) is 5. The predicted octanol–water partition coefficient (Wildman–Crippen LogP) is 1.28. The van der Waals surface area contributed by atoms with Crippen LogP contribution >= 0.6 is 0 Å². The largest absolute Gasteiger partial charge is 0.485 e. The quantitative estimate of drug-likeness (QED) is 0.859. The van der Waals surface area contributed by atoms with E-state index in [1.54, 1.807) is 28.8 Å². The number of ether oxygens (including phenoxy) is 2. The Morgan fingerprint density at radius 3 is 2.83 bits per heavy atom. The second-order valence-electron chi connectivity index (χ2n) is 5.87. The van der Waals surface area contributed by atoms with E-state index < -0.39 is 0 Å². The zero-order chi connectivity index (χ0) is 17.1. The van der Waals surface area contributed by atoms with E-state index in [1.165, 1.54) is 7.11 Å². The number of anilines is 1.